The Hall–Kier alpha value is -2.29. The number of carbonyl (C=O) groups excluding carboxylic acids is 2. The minimum absolute atomic E-state index is 0.0400. The Morgan fingerprint density at radius 3 is 1.89 bits per heavy atom. The van der Waals surface area contributed by atoms with Gasteiger partial charge in [0.15, 0.2) is 6.10 Å². The lowest BCUT2D eigenvalue weighted by atomic mass is 10.2. The number of hydrogen-bond donors (Lipinski definition) is 2. The van der Waals surface area contributed by atoms with Crippen LogP contribution in [-0.2, 0) is 32.7 Å². The van der Waals surface area contributed by atoms with Crippen molar-refractivity contribution in [1.29, 1.82) is 0 Å². The Morgan fingerprint density at radius 1 is 0.816 bits per heavy atom. The predicted molar refractivity (Wildman–Crippen MR) is 150 cm³/mol. The van der Waals surface area contributed by atoms with Gasteiger partial charge in [-0.1, -0.05) is 74.6 Å². The van der Waals surface area contributed by atoms with Crippen molar-refractivity contribution < 1.29 is 37.6 Å². The molecule has 0 saturated carbocycles. The molecule has 2 unspecified atom stereocenters. The second-order valence-electron chi connectivity index (χ2n) is 8.13. The van der Waals surface area contributed by atoms with Crippen molar-refractivity contribution in [2.45, 2.75) is 77.7 Å². The first-order chi connectivity index (χ1) is 18.3. The Morgan fingerprint density at radius 2 is 1.37 bits per heavy atom. The molecule has 2 atom stereocenters. The summed E-state index contributed by atoms with van der Waals surface area (Å²) in [5, 5.41) is 0. The molecule has 0 heterocycles. The maximum absolute atomic E-state index is 12.2. The van der Waals surface area contributed by atoms with E-state index in [1.807, 2.05) is 12.2 Å². The van der Waals surface area contributed by atoms with Gasteiger partial charge in [0.1, 0.15) is 6.61 Å². The van der Waals surface area contributed by atoms with Crippen molar-refractivity contribution in [2.75, 3.05) is 26.4 Å². The van der Waals surface area contributed by atoms with Crippen molar-refractivity contribution in [2.24, 2.45) is 5.73 Å². The van der Waals surface area contributed by atoms with E-state index in [2.05, 4.69) is 60.1 Å². The van der Waals surface area contributed by atoms with Crippen LogP contribution in [0.2, 0.25) is 0 Å². The van der Waals surface area contributed by atoms with Gasteiger partial charge >= 0.3 is 19.8 Å². The summed E-state index contributed by atoms with van der Waals surface area (Å²) in [4.78, 5) is 33.2. The van der Waals surface area contributed by atoms with Crippen LogP contribution in [0.1, 0.15) is 71.6 Å². The molecule has 9 nitrogen and oxygen atoms in total. The third kappa shape index (κ3) is 24.1. The Balaban J connectivity index is 4.19. The van der Waals surface area contributed by atoms with Crippen LogP contribution in [-0.4, -0.2) is 49.3 Å². The summed E-state index contributed by atoms with van der Waals surface area (Å²) in [5.74, 6) is -1.01. The van der Waals surface area contributed by atoms with Gasteiger partial charge in [0.05, 0.1) is 13.2 Å². The van der Waals surface area contributed by atoms with E-state index in [4.69, 9.17) is 19.7 Å². The van der Waals surface area contributed by atoms with Gasteiger partial charge in [-0.25, -0.2) is 4.57 Å². The van der Waals surface area contributed by atoms with Crippen LogP contribution in [0.25, 0.3) is 0 Å². The summed E-state index contributed by atoms with van der Waals surface area (Å²) >= 11 is 0. The first-order valence-electron chi connectivity index (χ1n) is 13.3. The predicted octanol–water partition coefficient (Wildman–Crippen LogP) is 5.87. The first kappa shape index (κ1) is 35.7. The quantitative estimate of drug-likeness (QED) is 0.0687. The molecule has 216 valence electrons. The van der Waals surface area contributed by atoms with Crippen molar-refractivity contribution in [3.8, 4) is 0 Å². The maximum Gasteiger partial charge on any atom is 0.472 e. The molecule has 3 N–H and O–H groups in total. The number of rotatable bonds is 23. The van der Waals surface area contributed by atoms with Gasteiger partial charge in [-0.15, -0.1) is 0 Å². The summed E-state index contributed by atoms with van der Waals surface area (Å²) in [6, 6.07) is 0. The van der Waals surface area contributed by atoms with E-state index in [9.17, 15) is 19.0 Å². The van der Waals surface area contributed by atoms with E-state index in [0.717, 1.165) is 32.1 Å². The van der Waals surface area contributed by atoms with Gasteiger partial charge in [-0.05, 0) is 44.9 Å². The second-order valence-corrected chi connectivity index (χ2v) is 9.59. The fourth-order valence-electron chi connectivity index (χ4n) is 2.76. The van der Waals surface area contributed by atoms with Crippen LogP contribution in [0.15, 0.2) is 60.8 Å². The maximum atomic E-state index is 12.2. The topological polar surface area (TPSA) is 134 Å². The van der Waals surface area contributed by atoms with Crippen molar-refractivity contribution in [3.63, 3.8) is 0 Å². The highest BCUT2D eigenvalue weighted by molar-refractivity contribution is 7.47. The molecule has 0 aromatic rings. The summed E-state index contributed by atoms with van der Waals surface area (Å²) in [6.45, 7) is 2.87. The van der Waals surface area contributed by atoms with E-state index in [1.165, 1.54) is 0 Å². The van der Waals surface area contributed by atoms with Crippen LogP contribution >= 0.6 is 7.82 Å². The Labute approximate surface area is 228 Å². The number of ether oxygens (including phenoxy) is 2. The highest BCUT2D eigenvalue weighted by Crippen LogP contribution is 2.43. The summed E-state index contributed by atoms with van der Waals surface area (Å²) in [7, 11) is -4.35. The van der Waals surface area contributed by atoms with Crippen LogP contribution < -0.4 is 5.73 Å². The standard InChI is InChI=1S/C28H46NO8P/c1-3-5-6-7-8-9-10-11-12-13-14-15-16-17-18-19-20-21-28(31)37-26(24-34-27(30)4-2)25-36-38(32,33)35-23-22-29/h5-6,8-9,11-12,14-15,17-18,26H,3-4,7,10,13,16,19-25,29H2,1-2H3,(H,32,33)/b6-5-,9-8-,12-11-,15-14-,18-17-. The zero-order valence-corrected chi connectivity index (χ0v) is 23.8. The average molecular weight is 556 g/mol. The zero-order chi connectivity index (χ0) is 28.3. The molecule has 0 aliphatic heterocycles. The lowest BCUT2D eigenvalue weighted by Crippen LogP contribution is -2.29. The number of nitrogens with two attached hydrogens (primary N) is 1. The number of phosphoric ester groups is 1. The second kappa shape index (κ2) is 25.0. The minimum Gasteiger partial charge on any atom is -0.462 e. The minimum atomic E-state index is -4.35. The van der Waals surface area contributed by atoms with E-state index < -0.39 is 32.5 Å². The number of esters is 2. The van der Waals surface area contributed by atoms with Gasteiger partial charge in [0.2, 0.25) is 0 Å². The molecular formula is C28H46NO8P. The molecule has 0 radical (unpaired) electrons. The van der Waals surface area contributed by atoms with Crippen molar-refractivity contribution >= 4 is 19.8 Å². The van der Waals surface area contributed by atoms with Crippen molar-refractivity contribution in [3.05, 3.63) is 60.8 Å². The van der Waals surface area contributed by atoms with Crippen molar-refractivity contribution in [1.82, 2.24) is 0 Å². The van der Waals surface area contributed by atoms with E-state index in [-0.39, 0.29) is 32.6 Å². The molecule has 0 rings (SSSR count). The number of hydrogen-bond acceptors (Lipinski definition) is 8. The lowest BCUT2D eigenvalue weighted by Gasteiger charge is -2.19. The molecule has 0 bridgehead atoms. The van der Waals surface area contributed by atoms with E-state index >= 15 is 0 Å². The summed E-state index contributed by atoms with van der Waals surface area (Å²) < 4.78 is 31.5. The lowest BCUT2D eigenvalue weighted by molar-refractivity contribution is -0.161. The molecule has 0 aliphatic carbocycles. The molecule has 0 fully saturated rings. The third-order valence-corrected chi connectivity index (χ3v) is 5.71. The normalized spacial score (nSPS) is 14.7. The SMILES string of the molecule is CC/C=C\C/C=C\C/C=C\C/C=C\C/C=C\CCCC(=O)OC(COC(=O)CC)COP(=O)(O)OCCN. The molecule has 0 aliphatic rings. The smallest absolute Gasteiger partial charge is 0.462 e. The number of unbranched alkanes of at least 4 members (excludes halogenated alkanes) is 1. The van der Waals surface area contributed by atoms with Gasteiger partial charge in [0, 0.05) is 19.4 Å². The van der Waals surface area contributed by atoms with Gasteiger partial charge in [-0.2, -0.15) is 0 Å². The molecule has 0 aromatic carbocycles. The number of phosphoric acid groups is 1. The highest BCUT2D eigenvalue weighted by Gasteiger charge is 2.25. The third-order valence-electron chi connectivity index (χ3n) is 4.72. The fourth-order valence-corrected chi connectivity index (χ4v) is 3.53. The summed E-state index contributed by atoms with van der Waals surface area (Å²) in [6.07, 6.45) is 26.5. The molecule has 0 spiro atoms. The molecule has 38 heavy (non-hydrogen) atoms. The molecule has 0 saturated heterocycles. The zero-order valence-electron chi connectivity index (χ0n) is 22.9. The van der Waals surface area contributed by atoms with Crippen LogP contribution in [0.5, 0.6) is 0 Å². The van der Waals surface area contributed by atoms with Crippen LogP contribution in [0, 0.1) is 0 Å². The summed E-state index contributed by atoms with van der Waals surface area (Å²) in [5.41, 5.74) is 5.24. The molecule has 0 aromatic heterocycles. The largest absolute Gasteiger partial charge is 0.472 e. The highest BCUT2D eigenvalue weighted by atomic mass is 31.2. The Kier molecular flexibility index (Phi) is 23.5. The fraction of sp³-hybridized carbons (Fsp3) is 0.571. The molecule has 10 heteroatoms. The van der Waals surface area contributed by atoms with Gasteiger partial charge in [-0.3, -0.25) is 18.6 Å². The first-order valence-corrected chi connectivity index (χ1v) is 14.8. The number of allylic oxidation sites excluding steroid dienone is 10. The van der Waals surface area contributed by atoms with Crippen LogP contribution in [0.4, 0.5) is 0 Å². The molecular weight excluding hydrogens is 509 g/mol. The van der Waals surface area contributed by atoms with Gasteiger partial charge in [0.25, 0.3) is 0 Å². The molecule has 0 amide bonds. The monoisotopic (exact) mass is 555 g/mol. The Bertz CT molecular complexity index is 820. The van der Waals surface area contributed by atoms with Gasteiger partial charge < -0.3 is 20.1 Å². The van der Waals surface area contributed by atoms with E-state index in [0.29, 0.717) is 12.8 Å². The number of carbonyl (C=O) groups is 2. The van der Waals surface area contributed by atoms with Crippen LogP contribution in [0.3, 0.4) is 0 Å². The van der Waals surface area contributed by atoms with E-state index in [1.54, 1.807) is 6.92 Å². The average Bonchev–Trinajstić information content (AvgIpc) is 2.90.